The average molecular weight is 406 g/mol. The molecule has 0 saturated carbocycles. The summed E-state index contributed by atoms with van der Waals surface area (Å²) < 4.78 is 39.0. The first kappa shape index (κ1) is 20.6. The number of para-hydroxylation sites is 1. The van der Waals surface area contributed by atoms with Gasteiger partial charge in [0.2, 0.25) is 0 Å². The fourth-order valence-electron chi connectivity index (χ4n) is 3.27. The van der Waals surface area contributed by atoms with Gasteiger partial charge in [-0.15, -0.1) is 0 Å². The monoisotopic (exact) mass is 406 g/mol. The van der Waals surface area contributed by atoms with Gasteiger partial charge in [0.15, 0.2) is 0 Å². The molecule has 3 rings (SSSR count). The Balaban J connectivity index is 1.47. The van der Waals surface area contributed by atoms with Crippen molar-refractivity contribution in [2.45, 2.75) is 19.0 Å². The predicted molar refractivity (Wildman–Crippen MR) is 102 cm³/mol. The number of hydrogen-bond donors (Lipinski definition) is 2. The van der Waals surface area contributed by atoms with Crippen LogP contribution in [-0.4, -0.2) is 36.4 Å². The van der Waals surface area contributed by atoms with Crippen LogP contribution in [0.25, 0.3) is 0 Å². The van der Waals surface area contributed by atoms with Crippen molar-refractivity contribution in [1.29, 1.82) is 0 Å². The van der Waals surface area contributed by atoms with Crippen LogP contribution >= 0.6 is 0 Å². The molecule has 0 radical (unpaired) electrons. The van der Waals surface area contributed by atoms with E-state index in [1.54, 1.807) is 12.4 Å². The summed E-state index contributed by atoms with van der Waals surface area (Å²) in [7, 11) is 0. The molecule has 1 aromatic carbocycles. The van der Waals surface area contributed by atoms with Crippen molar-refractivity contribution in [3.63, 3.8) is 0 Å². The smallest absolute Gasteiger partial charge is 0.370 e. The van der Waals surface area contributed by atoms with Crippen molar-refractivity contribution in [3.05, 3.63) is 54.4 Å². The predicted octanol–water partition coefficient (Wildman–Crippen LogP) is 3.07. The first-order chi connectivity index (χ1) is 13.8. The van der Waals surface area contributed by atoms with E-state index in [0.717, 1.165) is 43.8 Å². The van der Waals surface area contributed by atoms with Gasteiger partial charge >= 0.3 is 18.0 Å². The Kier molecular flexibility index (Phi) is 6.36. The lowest BCUT2D eigenvalue weighted by molar-refractivity contribution is -0.138. The van der Waals surface area contributed by atoms with Crippen LogP contribution in [0.1, 0.15) is 18.4 Å². The van der Waals surface area contributed by atoms with Crippen molar-refractivity contribution in [2.24, 2.45) is 5.92 Å². The highest BCUT2D eigenvalue weighted by atomic mass is 19.4. The zero-order valence-electron chi connectivity index (χ0n) is 15.6. The fraction of sp³-hybridized carbons (Fsp3) is 0.350. The summed E-state index contributed by atoms with van der Waals surface area (Å²) in [6.45, 7) is 1.91. The molecule has 2 amide bonds. The zero-order chi connectivity index (χ0) is 20.9. The highest BCUT2D eigenvalue weighted by Gasteiger charge is 2.34. The first-order valence-electron chi connectivity index (χ1n) is 9.25. The molecule has 29 heavy (non-hydrogen) atoms. The number of nitrogens with zero attached hydrogens (tertiary/aromatic N) is 2. The van der Waals surface area contributed by atoms with E-state index in [0.29, 0.717) is 6.54 Å². The molecule has 1 saturated heterocycles. The Bertz CT molecular complexity index is 850. The maximum atomic E-state index is 13.0. The number of piperidine rings is 1. The van der Waals surface area contributed by atoms with E-state index in [1.165, 1.54) is 12.1 Å². The first-order valence-corrected chi connectivity index (χ1v) is 9.25. The van der Waals surface area contributed by atoms with E-state index in [9.17, 15) is 22.8 Å². The molecular formula is C20H21F3N4O2. The molecule has 154 valence electrons. The minimum atomic E-state index is -4.62. The van der Waals surface area contributed by atoms with E-state index in [-0.39, 0.29) is 5.92 Å². The van der Waals surface area contributed by atoms with E-state index < -0.39 is 29.2 Å². The van der Waals surface area contributed by atoms with Crippen LogP contribution in [0.4, 0.5) is 24.5 Å². The van der Waals surface area contributed by atoms with Gasteiger partial charge in [-0.1, -0.05) is 12.1 Å². The summed E-state index contributed by atoms with van der Waals surface area (Å²) in [6, 6.07) is 8.40. The quantitative estimate of drug-likeness (QED) is 0.766. The second-order valence-electron chi connectivity index (χ2n) is 6.85. The average Bonchev–Trinajstić information content (AvgIpc) is 2.72. The van der Waals surface area contributed by atoms with Crippen LogP contribution in [0.15, 0.2) is 48.8 Å². The summed E-state index contributed by atoms with van der Waals surface area (Å²) >= 11 is 0. The lowest BCUT2D eigenvalue weighted by Gasteiger charge is -2.33. The Morgan fingerprint density at radius 1 is 1.07 bits per heavy atom. The van der Waals surface area contributed by atoms with Crippen molar-refractivity contribution in [3.8, 4) is 0 Å². The number of pyridine rings is 1. The summed E-state index contributed by atoms with van der Waals surface area (Å²) in [5, 5.41) is 4.57. The molecule has 0 spiro atoms. The molecule has 6 nitrogen and oxygen atoms in total. The van der Waals surface area contributed by atoms with Crippen molar-refractivity contribution in [2.75, 3.05) is 29.9 Å². The third kappa shape index (κ3) is 5.46. The maximum Gasteiger partial charge on any atom is 0.418 e. The number of aromatic nitrogens is 1. The van der Waals surface area contributed by atoms with Gasteiger partial charge in [-0.3, -0.25) is 14.6 Å². The summed E-state index contributed by atoms with van der Waals surface area (Å²) in [5.74, 6) is -1.87. The minimum Gasteiger partial charge on any atom is -0.370 e. The van der Waals surface area contributed by atoms with Crippen molar-refractivity contribution < 1.29 is 22.8 Å². The van der Waals surface area contributed by atoms with Crippen molar-refractivity contribution >= 4 is 23.2 Å². The summed E-state index contributed by atoms with van der Waals surface area (Å²) in [5.41, 5.74) is -0.397. The van der Waals surface area contributed by atoms with Crippen LogP contribution in [-0.2, 0) is 15.8 Å². The Morgan fingerprint density at radius 3 is 2.45 bits per heavy atom. The molecule has 1 fully saturated rings. The molecule has 9 heteroatoms. The normalized spacial score (nSPS) is 15.1. The molecule has 0 aliphatic carbocycles. The number of alkyl halides is 3. The molecule has 2 N–H and O–H groups in total. The fourth-order valence-corrected chi connectivity index (χ4v) is 3.27. The van der Waals surface area contributed by atoms with Gasteiger partial charge in [0.05, 0.1) is 23.1 Å². The maximum absolute atomic E-state index is 13.0. The second-order valence-corrected chi connectivity index (χ2v) is 6.85. The molecule has 2 aromatic rings. The van der Waals surface area contributed by atoms with Gasteiger partial charge in [-0.2, -0.15) is 13.2 Å². The number of hydrogen-bond acceptors (Lipinski definition) is 4. The molecule has 0 bridgehead atoms. The van der Waals surface area contributed by atoms with Gasteiger partial charge in [-0.05, 0) is 43.0 Å². The lowest BCUT2D eigenvalue weighted by Crippen LogP contribution is -2.42. The van der Waals surface area contributed by atoms with E-state index in [2.05, 4.69) is 15.2 Å². The number of benzene rings is 1. The summed E-state index contributed by atoms with van der Waals surface area (Å²) in [6.07, 6.45) is 0.541. The van der Waals surface area contributed by atoms with Gasteiger partial charge < -0.3 is 15.5 Å². The van der Waals surface area contributed by atoms with Crippen LogP contribution in [0.2, 0.25) is 0 Å². The zero-order valence-corrected chi connectivity index (χ0v) is 15.6. The number of nitrogens with one attached hydrogen (secondary N) is 2. The van der Waals surface area contributed by atoms with Gasteiger partial charge in [0.25, 0.3) is 0 Å². The number of carbonyl (C=O) groups excluding carboxylic acids is 2. The van der Waals surface area contributed by atoms with Crippen LogP contribution in [0.5, 0.6) is 0 Å². The van der Waals surface area contributed by atoms with E-state index >= 15 is 0 Å². The van der Waals surface area contributed by atoms with Crippen LogP contribution in [0, 0.1) is 5.92 Å². The Hall–Kier alpha value is -3.10. The molecule has 1 aliphatic rings. The lowest BCUT2D eigenvalue weighted by atomic mass is 9.96. The highest BCUT2D eigenvalue weighted by Crippen LogP contribution is 2.34. The van der Waals surface area contributed by atoms with Gasteiger partial charge in [0, 0.05) is 25.8 Å². The van der Waals surface area contributed by atoms with E-state index in [1.807, 2.05) is 17.4 Å². The molecule has 1 aromatic heterocycles. The molecule has 0 unspecified atom stereocenters. The topological polar surface area (TPSA) is 74.3 Å². The Morgan fingerprint density at radius 2 is 1.79 bits per heavy atom. The number of anilines is 2. The second kappa shape index (κ2) is 8.93. The third-order valence-corrected chi connectivity index (χ3v) is 4.86. The number of carbonyl (C=O) groups is 2. The number of halogens is 3. The largest absolute Gasteiger partial charge is 0.418 e. The molecule has 0 atom stereocenters. The standard InChI is InChI=1S/C20H21F3N4O2/c21-20(22,23)16-5-1-2-6-17(16)26-19(29)18(28)25-12-14-7-10-27(11-8-14)15-4-3-9-24-13-15/h1-6,9,13-14H,7-8,10-12H2,(H,25,28)(H,26,29). The molecular weight excluding hydrogens is 385 g/mol. The number of rotatable bonds is 4. The third-order valence-electron chi connectivity index (χ3n) is 4.86. The van der Waals surface area contributed by atoms with Crippen LogP contribution < -0.4 is 15.5 Å². The van der Waals surface area contributed by atoms with Crippen molar-refractivity contribution in [1.82, 2.24) is 10.3 Å². The van der Waals surface area contributed by atoms with E-state index in [4.69, 9.17) is 0 Å². The Labute approximate surface area is 166 Å². The van der Waals surface area contributed by atoms with Crippen LogP contribution in [0.3, 0.4) is 0 Å². The minimum absolute atomic E-state index is 0.196. The van der Waals surface area contributed by atoms with Gasteiger partial charge in [-0.25, -0.2) is 0 Å². The summed E-state index contributed by atoms with van der Waals surface area (Å²) in [4.78, 5) is 30.3. The molecule has 2 heterocycles. The molecule has 1 aliphatic heterocycles. The number of amides is 2. The highest BCUT2D eigenvalue weighted by molar-refractivity contribution is 6.39. The van der Waals surface area contributed by atoms with Gasteiger partial charge in [0.1, 0.15) is 0 Å². The SMILES string of the molecule is O=C(NCC1CCN(c2cccnc2)CC1)C(=O)Nc1ccccc1C(F)(F)F.